The monoisotopic (exact) mass is 490 g/mol. The van der Waals surface area contributed by atoms with Crippen molar-refractivity contribution in [2.45, 2.75) is 38.0 Å². The number of rotatable bonds is 5. The third-order valence-electron chi connectivity index (χ3n) is 6.23. The minimum absolute atomic E-state index is 0.0944. The molecule has 1 aliphatic heterocycles. The van der Waals surface area contributed by atoms with Gasteiger partial charge in [0.1, 0.15) is 0 Å². The fraction of sp³-hybridized carbons (Fsp3) is 0.478. The Kier molecular flexibility index (Phi) is 7.18. The highest BCUT2D eigenvalue weighted by atomic mass is 32.2. The molecule has 2 heterocycles. The van der Waals surface area contributed by atoms with Crippen LogP contribution in [0.2, 0.25) is 0 Å². The first-order valence-corrected chi connectivity index (χ1v) is 13.5. The number of hydrogen-bond donors (Lipinski definition) is 2. The number of nitrogens with one attached hydrogen (secondary N) is 2. The Hall–Kier alpha value is -2.27. The van der Waals surface area contributed by atoms with Gasteiger partial charge in [0.2, 0.25) is 10.0 Å². The largest absolute Gasteiger partial charge is 0.292 e. The third-order valence-corrected chi connectivity index (χ3v) is 9.37. The van der Waals surface area contributed by atoms with Gasteiger partial charge in [0.05, 0.1) is 16.3 Å². The van der Waals surface area contributed by atoms with Gasteiger partial charge in [0.25, 0.3) is 11.8 Å². The van der Waals surface area contributed by atoms with Gasteiger partial charge in [-0.25, -0.2) is 8.42 Å². The van der Waals surface area contributed by atoms with Crippen LogP contribution in [0.15, 0.2) is 35.2 Å². The molecule has 0 bridgehead atoms. The predicted octanol–water partition coefficient (Wildman–Crippen LogP) is 1.95. The zero-order valence-corrected chi connectivity index (χ0v) is 20.6. The van der Waals surface area contributed by atoms with Crippen LogP contribution in [0.3, 0.4) is 0 Å². The SMILES string of the molecule is Cc1ccc(S(=O)(=O)N2CCN(CC(=O)NNC(=O)c3cc4c(s3)CCC(C)C4)CC2)cc1. The van der Waals surface area contributed by atoms with Gasteiger partial charge >= 0.3 is 0 Å². The number of sulfonamides is 1. The van der Waals surface area contributed by atoms with Crippen molar-refractivity contribution in [3.63, 3.8) is 0 Å². The zero-order chi connectivity index (χ0) is 23.6. The van der Waals surface area contributed by atoms with Gasteiger partial charge in [-0.1, -0.05) is 24.6 Å². The summed E-state index contributed by atoms with van der Waals surface area (Å²) in [5, 5.41) is 0. The molecule has 0 saturated carbocycles. The van der Waals surface area contributed by atoms with Crippen molar-refractivity contribution in [2.75, 3.05) is 32.7 Å². The first-order valence-electron chi connectivity index (χ1n) is 11.2. The minimum Gasteiger partial charge on any atom is -0.292 e. The summed E-state index contributed by atoms with van der Waals surface area (Å²) in [6.07, 6.45) is 3.15. The second-order valence-corrected chi connectivity index (χ2v) is 12.0. The Morgan fingerprint density at radius 2 is 1.79 bits per heavy atom. The topological polar surface area (TPSA) is 98.8 Å². The molecule has 2 N–H and O–H groups in total. The smallest absolute Gasteiger partial charge is 0.279 e. The molecule has 1 saturated heterocycles. The lowest BCUT2D eigenvalue weighted by molar-refractivity contribution is -0.123. The molecule has 0 radical (unpaired) electrons. The number of carbonyl (C=O) groups excluding carboxylic acids is 2. The molecule has 1 aliphatic carbocycles. The van der Waals surface area contributed by atoms with E-state index >= 15 is 0 Å². The maximum absolute atomic E-state index is 12.8. The maximum Gasteiger partial charge on any atom is 0.279 e. The lowest BCUT2D eigenvalue weighted by atomic mass is 9.90. The van der Waals surface area contributed by atoms with E-state index < -0.39 is 10.0 Å². The third kappa shape index (κ3) is 5.63. The normalized spacial score (nSPS) is 19.6. The van der Waals surface area contributed by atoms with Gasteiger partial charge in [0.15, 0.2) is 0 Å². The molecule has 2 aromatic rings. The molecule has 4 rings (SSSR count). The Bertz CT molecular complexity index is 1120. The van der Waals surface area contributed by atoms with Gasteiger partial charge in [-0.15, -0.1) is 11.3 Å². The van der Waals surface area contributed by atoms with E-state index in [4.69, 9.17) is 0 Å². The van der Waals surface area contributed by atoms with E-state index in [0.29, 0.717) is 37.0 Å². The summed E-state index contributed by atoms with van der Waals surface area (Å²) < 4.78 is 27.1. The fourth-order valence-electron chi connectivity index (χ4n) is 4.24. The van der Waals surface area contributed by atoms with Gasteiger partial charge in [-0.3, -0.25) is 25.3 Å². The molecule has 1 fully saturated rings. The fourth-order valence-corrected chi connectivity index (χ4v) is 6.76. The minimum atomic E-state index is -3.54. The number of fused-ring (bicyclic) bond motifs is 1. The van der Waals surface area contributed by atoms with Crippen LogP contribution in [0.25, 0.3) is 0 Å². The van der Waals surface area contributed by atoms with Crippen LogP contribution < -0.4 is 10.9 Å². The molecular formula is C23H30N4O4S2. The maximum atomic E-state index is 12.8. The van der Waals surface area contributed by atoms with Crippen molar-refractivity contribution in [3.8, 4) is 0 Å². The average Bonchev–Trinajstić information content (AvgIpc) is 3.21. The Balaban J connectivity index is 1.23. The van der Waals surface area contributed by atoms with Crippen LogP contribution >= 0.6 is 11.3 Å². The summed E-state index contributed by atoms with van der Waals surface area (Å²) in [6.45, 7) is 5.75. The molecule has 1 unspecified atom stereocenters. The summed E-state index contributed by atoms with van der Waals surface area (Å²) in [6, 6.07) is 8.75. The summed E-state index contributed by atoms with van der Waals surface area (Å²) in [4.78, 5) is 28.8. The van der Waals surface area contributed by atoms with E-state index in [1.54, 1.807) is 24.3 Å². The number of thiophene rings is 1. The van der Waals surface area contributed by atoms with E-state index in [1.165, 1.54) is 26.1 Å². The molecule has 10 heteroatoms. The quantitative estimate of drug-likeness (QED) is 0.625. The van der Waals surface area contributed by atoms with Crippen molar-refractivity contribution in [1.29, 1.82) is 0 Å². The second kappa shape index (κ2) is 9.92. The molecule has 1 aromatic carbocycles. The molecule has 2 aliphatic rings. The molecule has 0 spiro atoms. The number of carbonyl (C=O) groups is 2. The molecule has 1 aromatic heterocycles. The van der Waals surface area contributed by atoms with E-state index in [9.17, 15) is 18.0 Å². The molecular weight excluding hydrogens is 460 g/mol. The highest BCUT2D eigenvalue weighted by Gasteiger charge is 2.29. The summed E-state index contributed by atoms with van der Waals surface area (Å²) in [7, 11) is -3.54. The Morgan fingerprint density at radius 3 is 2.48 bits per heavy atom. The standard InChI is InChI=1S/C23H30N4O4S2/c1-16-3-6-19(7-4-16)33(30,31)27-11-9-26(10-12-27)15-22(28)24-25-23(29)21-14-18-13-17(2)5-8-20(18)32-21/h3-4,6-7,14,17H,5,8-13,15H2,1-2H3,(H,24,28)(H,25,29). The lowest BCUT2D eigenvalue weighted by Gasteiger charge is -2.33. The van der Waals surface area contributed by atoms with Crippen LogP contribution in [-0.4, -0.2) is 62.2 Å². The van der Waals surface area contributed by atoms with Crippen molar-refractivity contribution in [3.05, 3.63) is 51.2 Å². The number of piperazine rings is 1. The number of hydrazine groups is 1. The van der Waals surface area contributed by atoms with Crippen LogP contribution in [0.1, 0.15) is 39.0 Å². The van der Waals surface area contributed by atoms with Crippen molar-refractivity contribution >= 4 is 33.2 Å². The summed E-state index contributed by atoms with van der Waals surface area (Å²) in [5.74, 6) is 0.00704. The molecule has 2 amide bonds. The molecule has 1 atom stereocenters. The Morgan fingerprint density at radius 1 is 1.09 bits per heavy atom. The molecule has 178 valence electrons. The van der Waals surface area contributed by atoms with Crippen LogP contribution in [0.5, 0.6) is 0 Å². The molecule has 8 nitrogen and oxygen atoms in total. The van der Waals surface area contributed by atoms with Crippen LogP contribution in [0, 0.1) is 12.8 Å². The summed E-state index contributed by atoms with van der Waals surface area (Å²) >= 11 is 1.50. The van der Waals surface area contributed by atoms with Crippen molar-refractivity contribution < 1.29 is 18.0 Å². The number of hydrogen-bond acceptors (Lipinski definition) is 6. The predicted molar refractivity (Wildman–Crippen MR) is 127 cm³/mol. The summed E-state index contributed by atoms with van der Waals surface area (Å²) in [5.41, 5.74) is 7.24. The van der Waals surface area contributed by atoms with Crippen molar-refractivity contribution in [1.82, 2.24) is 20.1 Å². The van der Waals surface area contributed by atoms with E-state index in [2.05, 4.69) is 17.8 Å². The average molecular weight is 491 g/mol. The number of nitrogens with zero attached hydrogens (tertiary/aromatic N) is 2. The zero-order valence-electron chi connectivity index (χ0n) is 19.0. The van der Waals surface area contributed by atoms with Crippen LogP contribution in [0.4, 0.5) is 0 Å². The van der Waals surface area contributed by atoms with E-state index in [1.807, 2.05) is 17.9 Å². The number of benzene rings is 1. The highest BCUT2D eigenvalue weighted by Crippen LogP contribution is 2.32. The lowest BCUT2D eigenvalue weighted by Crippen LogP contribution is -2.52. The number of amides is 2. The van der Waals surface area contributed by atoms with Gasteiger partial charge in [0, 0.05) is 31.1 Å². The van der Waals surface area contributed by atoms with Gasteiger partial charge in [-0.05, 0) is 55.9 Å². The first kappa shape index (κ1) is 23.9. The highest BCUT2D eigenvalue weighted by molar-refractivity contribution is 7.89. The number of aryl methyl sites for hydroxylation is 2. The van der Waals surface area contributed by atoms with Crippen LogP contribution in [-0.2, 0) is 27.7 Å². The van der Waals surface area contributed by atoms with Gasteiger partial charge in [-0.2, -0.15) is 4.31 Å². The van der Waals surface area contributed by atoms with Crippen molar-refractivity contribution in [2.24, 2.45) is 5.92 Å². The van der Waals surface area contributed by atoms with E-state index in [0.717, 1.165) is 24.8 Å². The Labute approximate surface area is 199 Å². The van der Waals surface area contributed by atoms with Gasteiger partial charge < -0.3 is 0 Å². The van der Waals surface area contributed by atoms with E-state index in [-0.39, 0.29) is 23.3 Å². The first-order chi connectivity index (χ1) is 15.7. The second-order valence-electron chi connectivity index (χ2n) is 8.90. The molecule has 33 heavy (non-hydrogen) atoms.